The molecule has 0 N–H and O–H groups in total. The molecule has 1 aliphatic heterocycles. The Morgan fingerprint density at radius 3 is 2.90 bits per heavy atom. The van der Waals surface area contributed by atoms with Gasteiger partial charge in [-0.1, -0.05) is 31.4 Å². The van der Waals surface area contributed by atoms with E-state index in [1.165, 1.54) is 25.7 Å². The lowest BCUT2D eigenvalue weighted by atomic mass is 9.92. The van der Waals surface area contributed by atoms with E-state index in [0.29, 0.717) is 5.15 Å². The van der Waals surface area contributed by atoms with Crippen molar-refractivity contribution in [1.82, 2.24) is 14.9 Å². The molecule has 1 fully saturated rings. The van der Waals surface area contributed by atoms with E-state index >= 15 is 0 Å². The molecular weight excluding hydrogens is 290 g/mol. The Hall–Kier alpha value is -0.710. The normalized spacial score (nSPS) is 17.9. The number of thiophene rings is 1. The van der Waals surface area contributed by atoms with Gasteiger partial charge in [-0.25, -0.2) is 9.97 Å². The number of fused-ring (bicyclic) bond motifs is 1. The molecule has 0 saturated carbocycles. The minimum absolute atomic E-state index is 0.590. The maximum atomic E-state index is 6.22. The van der Waals surface area contributed by atoms with Gasteiger partial charge >= 0.3 is 0 Å². The predicted molar refractivity (Wildman–Crippen MR) is 85.3 cm³/mol. The largest absolute Gasteiger partial charge is 0.296 e. The maximum absolute atomic E-state index is 6.22. The molecule has 20 heavy (non-hydrogen) atoms. The second kappa shape index (κ2) is 6.37. The first kappa shape index (κ1) is 14.2. The quantitative estimate of drug-likeness (QED) is 0.786. The molecular formula is C15H20ClN3S. The number of nitrogens with zero attached hydrogens (tertiary/aromatic N) is 3. The summed E-state index contributed by atoms with van der Waals surface area (Å²) in [5.41, 5.74) is 0. The number of aromatic nitrogens is 2. The monoisotopic (exact) mass is 309 g/mol. The molecule has 3 nitrogen and oxygen atoms in total. The molecule has 0 amide bonds. The van der Waals surface area contributed by atoms with Gasteiger partial charge in [0.1, 0.15) is 15.8 Å². The fourth-order valence-corrected chi connectivity index (χ4v) is 4.06. The summed E-state index contributed by atoms with van der Waals surface area (Å²) in [4.78, 5) is 12.5. The van der Waals surface area contributed by atoms with Gasteiger partial charge in [0.25, 0.3) is 0 Å². The molecule has 1 saturated heterocycles. The van der Waals surface area contributed by atoms with Gasteiger partial charge in [-0.2, -0.15) is 0 Å². The molecule has 2 aromatic heterocycles. The van der Waals surface area contributed by atoms with Crippen LogP contribution in [0, 0.1) is 5.92 Å². The first-order valence-electron chi connectivity index (χ1n) is 7.38. The summed E-state index contributed by atoms with van der Waals surface area (Å²) in [5.74, 6) is 1.78. The van der Waals surface area contributed by atoms with Crippen molar-refractivity contribution in [3.8, 4) is 0 Å². The molecule has 3 heterocycles. The molecule has 108 valence electrons. The van der Waals surface area contributed by atoms with Gasteiger partial charge in [-0.15, -0.1) is 11.3 Å². The van der Waals surface area contributed by atoms with Crippen LogP contribution in [0.2, 0.25) is 5.15 Å². The number of hydrogen-bond acceptors (Lipinski definition) is 4. The first-order valence-corrected chi connectivity index (χ1v) is 8.64. The van der Waals surface area contributed by atoms with Crippen molar-refractivity contribution in [2.24, 2.45) is 5.92 Å². The van der Waals surface area contributed by atoms with E-state index in [1.54, 1.807) is 11.3 Å². The van der Waals surface area contributed by atoms with Gasteiger partial charge in [0.05, 0.1) is 6.54 Å². The van der Waals surface area contributed by atoms with Crippen LogP contribution in [0.4, 0.5) is 0 Å². The van der Waals surface area contributed by atoms with Gasteiger partial charge in [-0.3, -0.25) is 4.90 Å². The second-order valence-electron chi connectivity index (χ2n) is 5.58. The van der Waals surface area contributed by atoms with E-state index in [9.17, 15) is 0 Å². The van der Waals surface area contributed by atoms with E-state index < -0.39 is 0 Å². The molecule has 2 aromatic rings. The van der Waals surface area contributed by atoms with Crippen LogP contribution in [-0.4, -0.2) is 28.0 Å². The molecule has 0 aliphatic carbocycles. The van der Waals surface area contributed by atoms with Crippen LogP contribution in [0.15, 0.2) is 11.4 Å². The van der Waals surface area contributed by atoms with Crippen molar-refractivity contribution >= 4 is 33.2 Å². The number of hydrogen-bond donors (Lipinski definition) is 0. The van der Waals surface area contributed by atoms with Gasteiger partial charge < -0.3 is 0 Å². The Balaban J connectivity index is 1.65. The molecule has 0 bridgehead atoms. The summed E-state index contributed by atoms with van der Waals surface area (Å²) < 4.78 is 0. The van der Waals surface area contributed by atoms with E-state index in [2.05, 4.69) is 21.8 Å². The highest BCUT2D eigenvalue weighted by Gasteiger charge is 2.19. The van der Waals surface area contributed by atoms with E-state index in [1.807, 2.05) is 11.4 Å². The smallest absolute Gasteiger partial charge is 0.145 e. The lowest BCUT2D eigenvalue weighted by molar-refractivity contribution is 0.168. The Morgan fingerprint density at radius 1 is 1.35 bits per heavy atom. The highest BCUT2D eigenvalue weighted by molar-refractivity contribution is 7.16. The van der Waals surface area contributed by atoms with Crippen molar-refractivity contribution in [2.75, 3.05) is 13.1 Å². The average molecular weight is 310 g/mol. The fraction of sp³-hybridized carbons (Fsp3) is 0.600. The minimum atomic E-state index is 0.590. The number of halogens is 1. The molecule has 1 aliphatic rings. The zero-order valence-corrected chi connectivity index (χ0v) is 13.4. The number of rotatable bonds is 4. The summed E-state index contributed by atoms with van der Waals surface area (Å²) in [7, 11) is 0. The van der Waals surface area contributed by atoms with Crippen LogP contribution in [0.5, 0.6) is 0 Å². The lowest BCUT2D eigenvalue weighted by Crippen LogP contribution is -2.33. The van der Waals surface area contributed by atoms with E-state index in [4.69, 9.17) is 11.6 Å². The molecule has 0 unspecified atom stereocenters. The van der Waals surface area contributed by atoms with Crippen molar-refractivity contribution in [3.63, 3.8) is 0 Å². The first-order chi connectivity index (χ1) is 9.76. The standard InChI is InChI=1S/C15H20ClN3S/c1-2-3-11-4-7-19(8-5-11)10-13-17-14(16)12-6-9-20-15(12)18-13/h6,9,11H,2-5,7-8,10H2,1H3. The zero-order chi connectivity index (χ0) is 13.9. The van der Waals surface area contributed by atoms with Crippen molar-refractivity contribution in [1.29, 1.82) is 0 Å². The molecule has 3 rings (SSSR count). The molecule has 5 heteroatoms. The Bertz CT molecular complexity index is 576. The minimum Gasteiger partial charge on any atom is -0.296 e. The Labute approximate surface area is 129 Å². The summed E-state index contributed by atoms with van der Waals surface area (Å²) in [6, 6.07) is 1.99. The number of likely N-dealkylation sites (tertiary alicyclic amines) is 1. The van der Waals surface area contributed by atoms with Gasteiger partial charge in [-0.05, 0) is 43.3 Å². The molecule has 0 radical (unpaired) electrons. The highest BCUT2D eigenvalue weighted by Crippen LogP contribution is 2.26. The third-order valence-corrected chi connectivity index (χ3v) is 5.19. The number of piperidine rings is 1. The van der Waals surface area contributed by atoms with Crippen molar-refractivity contribution in [2.45, 2.75) is 39.2 Å². The Kier molecular flexibility index (Phi) is 4.54. The molecule has 0 atom stereocenters. The molecule has 0 spiro atoms. The van der Waals surface area contributed by atoms with Crippen LogP contribution >= 0.6 is 22.9 Å². The summed E-state index contributed by atoms with van der Waals surface area (Å²) in [5, 5.41) is 3.58. The van der Waals surface area contributed by atoms with Crippen LogP contribution in [0.1, 0.15) is 38.4 Å². The zero-order valence-electron chi connectivity index (χ0n) is 11.8. The molecule has 0 aromatic carbocycles. The van der Waals surface area contributed by atoms with E-state index in [-0.39, 0.29) is 0 Å². The Morgan fingerprint density at radius 2 is 2.15 bits per heavy atom. The second-order valence-corrected chi connectivity index (χ2v) is 6.83. The van der Waals surface area contributed by atoms with Gasteiger partial charge in [0, 0.05) is 5.39 Å². The average Bonchev–Trinajstić information content (AvgIpc) is 2.90. The van der Waals surface area contributed by atoms with Crippen LogP contribution < -0.4 is 0 Å². The van der Waals surface area contributed by atoms with Crippen LogP contribution in [0.25, 0.3) is 10.2 Å². The summed E-state index contributed by atoms with van der Waals surface area (Å²) >= 11 is 7.85. The SMILES string of the molecule is CCCC1CCN(Cc2nc(Cl)c3ccsc3n2)CC1. The van der Waals surface area contributed by atoms with Crippen LogP contribution in [-0.2, 0) is 6.54 Å². The highest BCUT2D eigenvalue weighted by atomic mass is 35.5. The maximum Gasteiger partial charge on any atom is 0.145 e. The third-order valence-electron chi connectivity index (χ3n) is 4.09. The predicted octanol–water partition coefficient (Wildman–Crippen LogP) is 4.36. The van der Waals surface area contributed by atoms with Gasteiger partial charge in [0.15, 0.2) is 0 Å². The van der Waals surface area contributed by atoms with Crippen LogP contribution in [0.3, 0.4) is 0 Å². The fourth-order valence-electron chi connectivity index (χ4n) is 2.97. The summed E-state index contributed by atoms with van der Waals surface area (Å²) in [6.45, 7) is 5.42. The summed E-state index contributed by atoms with van der Waals surface area (Å²) in [6.07, 6.45) is 5.29. The van der Waals surface area contributed by atoms with Crippen molar-refractivity contribution in [3.05, 3.63) is 22.4 Å². The lowest BCUT2D eigenvalue weighted by Gasteiger charge is -2.31. The van der Waals surface area contributed by atoms with Crippen molar-refractivity contribution < 1.29 is 0 Å². The third kappa shape index (κ3) is 3.13. The van der Waals surface area contributed by atoms with E-state index in [0.717, 1.165) is 41.6 Å². The van der Waals surface area contributed by atoms with Gasteiger partial charge in [0.2, 0.25) is 0 Å². The topological polar surface area (TPSA) is 29.0 Å².